The summed E-state index contributed by atoms with van der Waals surface area (Å²) in [5, 5.41) is 5.73. The van der Waals surface area contributed by atoms with Crippen molar-refractivity contribution in [3.8, 4) is 11.5 Å². The van der Waals surface area contributed by atoms with Gasteiger partial charge in [0.25, 0.3) is 0 Å². The van der Waals surface area contributed by atoms with Crippen molar-refractivity contribution in [1.82, 2.24) is 10.3 Å². The highest BCUT2D eigenvalue weighted by molar-refractivity contribution is 5.99. The molecule has 2 atom stereocenters. The van der Waals surface area contributed by atoms with Crippen LogP contribution in [0.1, 0.15) is 12.0 Å². The Morgan fingerprint density at radius 3 is 2.34 bits per heavy atom. The fourth-order valence-electron chi connectivity index (χ4n) is 3.06. The Balaban J connectivity index is 1.25. The van der Waals surface area contributed by atoms with Crippen LogP contribution in [0.4, 0.5) is 5.69 Å². The molecule has 1 aliphatic carbocycles. The van der Waals surface area contributed by atoms with Crippen LogP contribution in [-0.4, -0.2) is 16.8 Å². The van der Waals surface area contributed by atoms with Crippen LogP contribution in [0.2, 0.25) is 0 Å². The molecule has 1 saturated carbocycles. The molecule has 0 aliphatic heterocycles. The van der Waals surface area contributed by atoms with E-state index in [1.165, 1.54) is 0 Å². The Morgan fingerprint density at radius 2 is 1.62 bits per heavy atom. The van der Waals surface area contributed by atoms with Crippen molar-refractivity contribution in [2.75, 3.05) is 5.32 Å². The molecule has 0 spiro atoms. The Bertz CT molecular complexity index is 975. The molecule has 2 aromatic carbocycles. The first-order valence-electron chi connectivity index (χ1n) is 9.49. The van der Waals surface area contributed by atoms with E-state index in [-0.39, 0.29) is 23.7 Å². The number of ether oxygens (including phenoxy) is 1. The molecule has 0 radical (unpaired) electrons. The van der Waals surface area contributed by atoms with Gasteiger partial charge in [0.1, 0.15) is 11.5 Å². The zero-order chi connectivity index (χ0) is 20.1. The van der Waals surface area contributed by atoms with Gasteiger partial charge >= 0.3 is 0 Å². The fraction of sp³-hybridized carbons (Fsp3) is 0.174. The molecule has 3 aromatic rings. The van der Waals surface area contributed by atoms with Crippen LogP contribution in [-0.2, 0) is 16.1 Å². The SMILES string of the molecule is O=C(NCc1cccnc1)C1CC1C(=O)Nc1ccc(Oc2ccccc2)cc1. The summed E-state index contributed by atoms with van der Waals surface area (Å²) in [6.07, 6.45) is 3.97. The molecular weight excluding hydrogens is 366 g/mol. The summed E-state index contributed by atoms with van der Waals surface area (Å²) in [4.78, 5) is 28.7. The molecule has 146 valence electrons. The van der Waals surface area contributed by atoms with E-state index in [0.717, 1.165) is 11.3 Å². The number of pyridine rings is 1. The number of para-hydroxylation sites is 1. The predicted molar refractivity (Wildman–Crippen MR) is 109 cm³/mol. The predicted octanol–water partition coefficient (Wildman–Crippen LogP) is 3.76. The highest BCUT2D eigenvalue weighted by Crippen LogP contribution is 2.39. The third-order valence-electron chi connectivity index (χ3n) is 4.75. The number of hydrogen-bond acceptors (Lipinski definition) is 4. The molecule has 0 saturated heterocycles. The van der Waals surface area contributed by atoms with E-state index in [4.69, 9.17) is 4.74 Å². The second-order valence-corrected chi connectivity index (χ2v) is 6.96. The van der Waals surface area contributed by atoms with Crippen LogP contribution in [0.25, 0.3) is 0 Å². The average Bonchev–Trinajstić information content (AvgIpc) is 3.56. The normalized spacial score (nSPS) is 17.2. The summed E-state index contributed by atoms with van der Waals surface area (Å²) in [5.74, 6) is 0.649. The first-order chi connectivity index (χ1) is 14.2. The Labute approximate surface area is 168 Å². The summed E-state index contributed by atoms with van der Waals surface area (Å²) in [6, 6.07) is 20.4. The lowest BCUT2D eigenvalue weighted by Crippen LogP contribution is -2.27. The minimum absolute atomic E-state index is 0.0967. The number of benzene rings is 2. The second kappa shape index (κ2) is 8.56. The van der Waals surface area contributed by atoms with Crippen molar-refractivity contribution in [3.63, 3.8) is 0 Å². The smallest absolute Gasteiger partial charge is 0.228 e. The molecule has 2 N–H and O–H groups in total. The van der Waals surface area contributed by atoms with Gasteiger partial charge in [-0.15, -0.1) is 0 Å². The van der Waals surface area contributed by atoms with Crippen molar-refractivity contribution in [2.24, 2.45) is 11.8 Å². The van der Waals surface area contributed by atoms with E-state index < -0.39 is 0 Å². The van der Waals surface area contributed by atoms with E-state index in [1.807, 2.05) is 42.5 Å². The molecule has 6 heteroatoms. The molecule has 1 heterocycles. The first kappa shape index (κ1) is 18.7. The zero-order valence-corrected chi connectivity index (χ0v) is 15.7. The molecular formula is C23H21N3O3. The number of carbonyl (C=O) groups is 2. The van der Waals surface area contributed by atoms with Gasteiger partial charge < -0.3 is 15.4 Å². The van der Waals surface area contributed by atoms with Crippen molar-refractivity contribution >= 4 is 17.5 Å². The van der Waals surface area contributed by atoms with Crippen LogP contribution >= 0.6 is 0 Å². The van der Waals surface area contributed by atoms with Gasteiger partial charge in [0.2, 0.25) is 11.8 Å². The quantitative estimate of drug-likeness (QED) is 0.647. The lowest BCUT2D eigenvalue weighted by Gasteiger charge is -2.08. The van der Waals surface area contributed by atoms with Crippen molar-refractivity contribution in [2.45, 2.75) is 13.0 Å². The first-order valence-corrected chi connectivity index (χ1v) is 9.49. The topological polar surface area (TPSA) is 80.3 Å². The Hall–Kier alpha value is -3.67. The van der Waals surface area contributed by atoms with Crippen LogP contribution in [0.3, 0.4) is 0 Å². The summed E-state index contributed by atoms with van der Waals surface area (Å²) in [6.45, 7) is 0.417. The highest BCUT2D eigenvalue weighted by atomic mass is 16.5. The summed E-state index contributed by atoms with van der Waals surface area (Å²) in [5.41, 5.74) is 1.61. The molecule has 4 rings (SSSR count). The van der Waals surface area contributed by atoms with E-state index in [2.05, 4.69) is 15.6 Å². The van der Waals surface area contributed by atoms with Gasteiger partial charge in [0, 0.05) is 24.6 Å². The van der Waals surface area contributed by atoms with E-state index in [0.29, 0.717) is 24.4 Å². The highest BCUT2D eigenvalue weighted by Gasteiger charge is 2.47. The van der Waals surface area contributed by atoms with Gasteiger partial charge in [-0.25, -0.2) is 0 Å². The van der Waals surface area contributed by atoms with Gasteiger partial charge in [0.15, 0.2) is 0 Å². The molecule has 6 nitrogen and oxygen atoms in total. The Morgan fingerprint density at radius 1 is 0.897 bits per heavy atom. The molecule has 2 amide bonds. The molecule has 1 aromatic heterocycles. The maximum absolute atomic E-state index is 12.4. The number of hydrogen-bond donors (Lipinski definition) is 2. The third kappa shape index (κ3) is 4.99. The monoisotopic (exact) mass is 387 g/mol. The number of nitrogens with zero attached hydrogens (tertiary/aromatic N) is 1. The summed E-state index contributed by atoms with van der Waals surface area (Å²) in [7, 11) is 0. The number of nitrogens with one attached hydrogen (secondary N) is 2. The number of anilines is 1. The van der Waals surface area contributed by atoms with Crippen molar-refractivity contribution in [3.05, 3.63) is 84.7 Å². The lowest BCUT2D eigenvalue weighted by atomic mass is 10.2. The maximum Gasteiger partial charge on any atom is 0.228 e. The van der Waals surface area contributed by atoms with Gasteiger partial charge in [-0.05, 0) is 54.4 Å². The van der Waals surface area contributed by atoms with Crippen LogP contribution in [0, 0.1) is 11.8 Å². The lowest BCUT2D eigenvalue weighted by molar-refractivity contribution is -0.125. The minimum Gasteiger partial charge on any atom is -0.457 e. The molecule has 1 fully saturated rings. The maximum atomic E-state index is 12.4. The van der Waals surface area contributed by atoms with E-state index in [9.17, 15) is 9.59 Å². The summed E-state index contributed by atoms with van der Waals surface area (Å²) >= 11 is 0. The molecule has 1 aliphatic rings. The van der Waals surface area contributed by atoms with Crippen LogP contribution in [0.15, 0.2) is 79.1 Å². The van der Waals surface area contributed by atoms with Crippen molar-refractivity contribution < 1.29 is 14.3 Å². The zero-order valence-electron chi connectivity index (χ0n) is 15.7. The van der Waals surface area contributed by atoms with Gasteiger partial charge in [-0.3, -0.25) is 14.6 Å². The molecule has 29 heavy (non-hydrogen) atoms. The minimum atomic E-state index is -0.288. The van der Waals surface area contributed by atoms with Gasteiger partial charge in [-0.2, -0.15) is 0 Å². The van der Waals surface area contributed by atoms with Crippen molar-refractivity contribution in [1.29, 1.82) is 0 Å². The largest absolute Gasteiger partial charge is 0.457 e. The van der Waals surface area contributed by atoms with E-state index >= 15 is 0 Å². The standard InChI is InChI=1S/C23H21N3O3/c27-22(25-15-16-5-4-12-24-14-16)20-13-21(20)23(28)26-17-8-10-19(11-9-17)29-18-6-2-1-3-7-18/h1-12,14,20-21H,13,15H2,(H,25,27)(H,26,28). The fourth-order valence-corrected chi connectivity index (χ4v) is 3.06. The Kier molecular flexibility index (Phi) is 5.52. The number of carbonyl (C=O) groups excluding carboxylic acids is 2. The third-order valence-corrected chi connectivity index (χ3v) is 4.75. The van der Waals surface area contributed by atoms with Crippen LogP contribution < -0.4 is 15.4 Å². The van der Waals surface area contributed by atoms with E-state index in [1.54, 1.807) is 36.7 Å². The van der Waals surface area contributed by atoms with Gasteiger partial charge in [-0.1, -0.05) is 24.3 Å². The number of aromatic nitrogens is 1. The summed E-state index contributed by atoms with van der Waals surface area (Å²) < 4.78 is 5.74. The number of rotatable bonds is 7. The second-order valence-electron chi connectivity index (χ2n) is 6.96. The molecule has 0 bridgehead atoms. The average molecular weight is 387 g/mol. The van der Waals surface area contributed by atoms with Crippen LogP contribution in [0.5, 0.6) is 11.5 Å². The number of amides is 2. The molecule has 2 unspecified atom stereocenters. The van der Waals surface area contributed by atoms with Gasteiger partial charge in [0.05, 0.1) is 11.8 Å².